The number of hydrogen-bond acceptors (Lipinski definition) is 5. The van der Waals surface area contributed by atoms with Crippen LogP contribution in [0.15, 0.2) is 48.5 Å². The molecule has 6 nitrogen and oxygen atoms in total. The van der Waals surface area contributed by atoms with Crippen LogP contribution in [-0.2, 0) is 11.2 Å². The van der Waals surface area contributed by atoms with Crippen molar-refractivity contribution in [2.75, 3.05) is 26.2 Å². The molecule has 1 saturated heterocycles. The van der Waals surface area contributed by atoms with Gasteiger partial charge in [0, 0.05) is 26.2 Å². The molecular formula is C25H28N4O2S. The normalized spacial score (nSPS) is 16.8. The van der Waals surface area contributed by atoms with Gasteiger partial charge in [-0.25, -0.2) is 0 Å². The Kier molecular flexibility index (Phi) is 6.65. The molecule has 1 unspecified atom stereocenters. The summed E-state index contributed by atoms with van der Waals surface area (Å²) in [5, 5.41) is 3.98. The van der Waals surface area contributed by atoms with Gasteiger partial charge in [0.05, 0.1) is 11.6 Å². The lowest BCUT2D eigenvalue weighted by molar-refractivity contribution is -0.134. The predicted molar refractivity (Wildman–Crippen MR) is 127 cm³/mol. The van der Waals surface area contributed by atoms with E-state index < -0.39 is 0 Å². The summed E-state index contributed by atoms with van der Waals surface area (Å²) in [5.41, 5.74) is 5.31. The molecule has 2 amide bonds. The molecule has 0 N–H and O–H groups in total. The molecular weight excluding hydrogens is 420 g/mol. The van der Waals surface area contributed by atoms with Crippen molar-refractivity contribution in [2.24, 2.45) is 5.92 Å². The van der Waals surface area contributed by atoms with Crippen molar-refractivity contribution in [2.45, 2.75) is 27.2 Å². The molecule has 0 spiro atoms. The fourth-order valence-electron chi connectivity index (χ4n) is 4.31. The van der Waals surface area contributed by atoms with E-state index in [0.29, 0.717) is 43.2 Å². The van der Waals surface area contributed by atoms with Gasteiger partial charge in [0.2, 0.25) is 5.91 Å². The summed E-state index contributed by atoms with van der Waals surface area (Å²) in [6, 6.07) is 16.7. The number of benzene rings is 2. The van der Waals surface area contributed by atoms with Crippen LogP contribution in [0.25, 0.3) is 11.1 Å². The summed E-state index contributed by atoms with van der Waals surface area (Å²) < 4.78 is 3.91. The van der Waals surface area contributed by atoms with Crippen molar-refractivity contribution in [1.82, 2.24) is 19.4 Å². The summed E-state index contributed by atoms with van der Waals surface area (Å²) in [6.45, 7) is 8.01. The molecule has 0 bridgehead atoms. The van der Waals surface area contributed by atoms with Gasteiger partial charge in [-0.2, -0.15) is 0 Å². The molecule has 1 aromatic heterocycles. The molecule has 1 fully saturated rings. The number of aryl methyl sites for hydroxylation is 2. The van der Waals surface area contributed by atoms with Crippen molar-refractivity contribution in [3.05, 3.63) is 70.2 Å². The minimum Gasteiger partial charge on any atom is -0.341 e. The van der Waals surface area contributed by atoms with Crippen molar-refractivity contribution < 1.29 is 9.59 Å². The van der Waals surface area contributed by atoms with E-state index in [4.69, 9.17) is 0 Å². The first-order chi connectivity index (χ1) is 15.5. The molecule has 2 heterocycles. The Morgan fingerprint density at radius 3 is 2.66 bits per heavy atom. The largest absolute Gasteiger partial charge is 0.341 e. The predicted octanol–water partition coefficient (Wildman–Crippen LogP) is 3.99. The van der Waals surface area contributed by atoms with Crippen LogP contribution in [0.3, 0.4) is 0 Å². The van der Waals surface area contributed by atoms with Gasteiger partial charge in [-0.05, 0) is 61.0 Å². The summed E-state index contributed by atoms with van der Waals surface area (Å²) >= 11 is 1.12. The van der Waals surface area contributed by atoms with Crippen LogP contribution in [0.4, 0.5) is 0 Å². The Morgan fingerprint density at radius 1 is 1.12 bits per heavy atom. The maximum Gasteiger partial charge on any atom is 0.267 e. The number of amides is 2. The number of hydrogen-bond donors (Lipinski definition) is 0. The number of carbonyl (C=O) groups excluding carboxylic acids is 2. The van der Waals surface area contributed by atoms with Gasteiger partial charge in [0.25, 0.3) is 5.91 Å². The Morgan fingerprint density at radius 2 is 1.94 bits per heavy atom. The summed E-state index contributed by atoms with van der Waals surface area (Å²) in [4.78, 5) is 30.6. The first-order valence-electron chi connectivity index (χ1n) is 11.0. The zero-order valence-electron chi connectivity index (χ0n) is 18.7. The van der Waals surface area contributed by atoms with Crippen LogP contribution in [0.2, 0.25) is 0 Å². The number of carbonyl (C=O) groups is 2. The van der Waals surface area contributed by atoms with Crippen molar-refractivity contribution in [1.29, 1.82) is 0 Å². The van der Waals surface area contributed by atoms with E-state index in [1.54, 1.807) is 11.8 Å². The second-order valence-electron chi connectivity index (χ2n) is 8.27. The number of nitrogens with zero attached hydrogens (tertiary/aromatic N) is 4. The Bertz CT molecular complexity index is 1130. The topological polar surface area (TPSA) is 66.4 Å². The molecule has 0 aliphatic carbocycles. The SMILES string of the molecule is CCN1CCN(C(=O)c2snnc2C)CC(Cc2cccc(-c3ccccc3C)c2)C1=O. The lowest BCUT2D eigenvalue weighted by Crippen LogP contribution is -2.37. The highest BCUT2D eigenvalue weighted by atomic mass is 32.1. The summed E-state index contributed by atoms with van der Waals surface area (Å²) in [5.74, 6) is -0.250. The van der Waals surface area contributed by atoms with Crippen LogP contribution >= 0.6 is 11.5 Å². The summed E-state index contributed by atoms with van der Waals surface area (Å²) in [6.07, 6.45) is 0.596. The van der Waals surface area contributed by atoms with Crippen LogP contribution in [0.5, 0.6) is 0 Å². The van der Waals surface area contributed by atoms with Crippen LogP contribution in [0.1, 0.15) is 33.4 Å². The van der Waals surface area contributed by atoms with Crippen LogP contribution in [-0.4, -0.2) is 57.4 Å². The highest BCUT2D eigenvalue weighted by molar-refractivity contribution is 7.07. The highest BCUT2D eigenvalue weighted by Crippen LogP contribution is 2.26. The molecule has 1 aliphatic heterocycles. The first kappa shape index (κ1) is 22.1. The van der Waals surface area contributed by atoms with Gasteiger partial charge in [-0.3, -0.25) is 9.59 Å². The number of aromatic nitrogens is 2. The zero-order chi connectivity index (χ0) is 22.7. The molecule has 4 rings (SSSR count). The average molecular weight is 449 g/mol. The first-order valence-corrected chi connectivity index (χ1v) is 11.8. The van der Waals surface area contributed by atoms with Gasteiger partial charge in [0.1, 0.15) is 4.88 Å². The Labute approximate surface area is 193 Å². The van der Waals surface area contributed by atoms with Crippen molar-refractivity contribution in [3.8, 4) is 11.1 Å². The minimum absolute atomic E-state index is 0.0816. The molecule has 166 valence electrons. The summed E-state index contributed by atoms with van der Waals surface area (Å²) in [7, 11) is 0. The van der Waals surface area contributed by atoms with Gasteiger partial charge in [0.15, 0.2) is 0 Å². The lowest BCUT2D eigenvalue weighted by atomic mass is 9.93. The van der Waals surface area contributed by atoms with Gasteiger partial charge in [-0.15, -0.1) is 5.10 Å². The maximum absolute atomic E-state index is 13.3. The third-order valence-electron chi connectivity index (χ3n) is 6.12. The highest BCUT2D eigenvalue weighted by Gasteiger charge is 2.33. The van der Waals surface area contributed by atoms with Crippen molar-refractivity contribution >= 4 is 23.3 Å². The second kappa shape index (κ2) is 9.61. The molecule has 1 aliphatic rings. The van der Waals surface area contributed by atoms with Gasteiger partial charge < -0.3 is 9.80 Å². The number of rotatable bonds is 5. The Balaban J connectivity index is 1.60. The molecule has 7 heteroatoms. The third-order valence-corrected chi connectivity index (χ3v) is 6.94. The number of likely N-dealkylation sites (N-methyl/N-ethyl adjacent to an activating group) is 1. The molecule has 1 atom stereocenters. The second-order valence-corrected chi connectivity index (χ2v) is 9.03. The monoisotopic (exact) mass is 448 g/mol. The Hall–Kier alpha value is -3.06. The lowest BCUT2D eigenvalue weighted by Gasteiger charge is -2.23. The zero-order valence-corrected chi connectivity index (χ0v) is 19.6. The van der Waals surface area contributed by atoms with E-state index in [2.05, 4.69) is 46.8 Å². The van der Waals surface area contributed by atoms with E-state index in [0.717, 1.165) is 22.7 Å². The fraction of sp³-hybridized carbons (Fsp3) is 0.360. The average Bonchev–Trinajstić information content (AvgIpc) is 3.16. The standard InChI is InChI=1S/C25H28N4O2S/c1-4-28-12-13-29(25(31)23-18(3)26-27-32-23)16-21(24(28)30)15-19-9-7-10-20(14-19)22-11-6-5-8-17(22)2/h5-11,14,21H,4,12-13,15-16H2,1-3H3. The fourth-order valence-corrected chi connectivity index (χ4v) is 4.94. The maximum atomic E-state index is 13.3. The van der Waals surface area contributed by atoms with E-state index >= 15 is 0 Å². The molecule has 0 saturated carbocycles. The van der Waals surface area contributed by atoms with E-state index in [-0.39, 0.29) is 17.7 Å². The molecule has 0 radical (unpaired) electrons. The van der Waals surface area contributed by atoms with Gasteiger partial charge >= 0.3 is 0 Å². The minimum atomic E-state index is -0.283. The quantitative estimate of drug-likeness (QED) is 0.592. The van der Waals surface area contributed by atoms with Gasteiger partial charge in [-0.1, -0.05) is 53.0 Å². The van der Waals surface area contributed by atoms with Crippen LogP contribution < -0.4 is 0 Å². The van der Waals surface area contributed by atoms with Crippen LogP contribution in [0, 0.1) is 19.8 Å². The molecule has 2 aromatic carbocycles. The van der Waals surface area contributed by atoms with E-state index in [9.17, 15) is 9.59 Å². The van der Waals surface area contributed by atoms with E-state index in [1.807, 2.05) is 30.0 Å². The van der Waals surface area contributed by atoms with E-state index in [1.165, 1.54) is 11.1 Å². The molecule has 32 heavy (non-hydrogen) atoms. The smallest absolute Gasteiger partial charge is 0.267 e. The third kappa shape index (κ3) is 4.58. The van der Waals surface area contributed by atoms with Crippen molar-refractivity contribution in [3.63, 3.8) is 0 Å². The molecule has 3 aromatic rings.